The van der Waals surface area contributed by atoms with Gasteiger partial charge in [0.15, 0.2) is 0 Å². The van der Waals surface area contributed by atoms with E-state index in [2.05, 4.69) is 37.3 Å². The molecular formula is C18H26O. The van der Waals surface area contributed by atoms with Crippen molar-refractivity contribution < 1.29 is 4.79 Å². The lowest BCUT2D eigenvalue weighted by atomic mass is 9.77. The molecule has 0 radical (unpaired) electrons. The third-order valence-electron chi connectivity index (χ3n) is 4.56. The molecule has 2 atom stereocenters. The number of aryl methyl sites for hydroxylation is 1. The molecular weight excluding hydrogens is 232 g/mol. The first-order chi connectivity index (χ1) is 9.29. The molecule has 1 nitrogen and oxygen atoms in total. The van der Waals surface area contributed by atoms with Crippen LogP contribution in [0.4, 0.5) is 0 Å². The van der Waals surface area contributed by atoms with Crippen LogP contribution in [0.1, 0.15) is 57.4 Å². The van der Waals surface area contributed by atoms with E-state index in [1.165, 1.54) is 24.8 Å². The Hall–Kier alpha value is -1.11. The first-order valence-electron chi connectivity index (χ1n) is 7.86. The molecule has 0 saturated heterocycles. The zero-order valence-electron chi connectivity index (χ0n) is 12.1. The van der Waals surface area contributed by atoms with Gasteiger partial charge in [0.05, 0.1) is 0 Å². The third-order valence-corrected chi connectivity index (χ3v) is 4.56. The van der Waals surface area contributed by atoms with Gasteiger partial charge in [-0.25, -0.2) is 0 Å². The highest BCUT2D eigenvalue weighted by Gasteiger charge is 2.26. The number of hydrogen-bond acceptors (Lipinski definition) is 1. The molecule has 1 saturated carbocycles. The van der Waals surface area contributed by atoms with Gasteiger partial charge in [-0.3, -0.25) is 4.79 Å². The number of ketones is 1. The smallest absolute Gasteiger partial charge is 0.135 e. The lowest BCUT2D eigenvalue weighted by Gasteiger charge is -2.27. The van der Waals surface area contributed by atoms with Crippen molar-refractivity contribution in [3.8, 4) is 0 Å². The van der Waals surface area contributed by atoms with Crippen LogP contribution in [0, 0.1) is 11.8 Å². The van der Waals surface area contributed by atoms with Gasteiger partial charge in [-0.15, -0.1) is 0 Å². The Morgan fingerprint density at radius 1 is 1.16 bits per heavy atom. The fourth-order valence-electron chi connectivity index (χ4n) is 3.22. The van der Waals surface area contributed by atoms with Crippen LogP contribution in [0.25, 0.3) is 0 Å². The van der Waals surface area contributed by atoms with Crippen LogP contribution in [-0.2, 0) is 11.2 Å². The van der Waals surface area contributed by atoms with E-state index >= 15 is 0 Å². The number of carbonyl (C=O) groups excluding carboxylic acids is 1. The molecule has 1 aromatic rings. The molecule has 0 amide bonds. The molecule has 1 aliphatic carbocycles. The van der Waals surface area contributed by atoms with Crippen LogP contribution in [0.5, 0.6) is 0 Å². The van der Waals surface area contributed by atoms with Crippen molar-refractivity contribution >= 4 is 5.78 Å². The molecule has 2 unspecified atom stereocenters. The molecule has 1 aliphatic rings. The summed E-state index contributed by atoms with van der Waals surface area (Å²) >= 11 is 0. The van der Waals surface area contributed by atoms with Crippen molar-refractivity contribution in [1.29, 1.82) is 0 Å². The lowest BCUT2D eigenvalue weighted by Crippen LogP contribution is -2.24. The summed E-state index contributed by atoms with van der Waals surface area (Å²) in [7, 11) is 0. The molecule has 19 heavy (non-hydrogen) atoms. The largest absolute Gasteiger partial charge is 0.299 e. The third kappa shape index (κ3) is 4.49. The van der Waals surface area contributed by atoms with E-state index in [-0.39, 0.29) is 0 Å². The van der Waals surface area contributed by atoms with E-state index in [9.17, 15) is 4.79 Å². The van der Waals surface area contributed by atoms with Crippen molar-refractivity contribution in [2.75, 3.05) is 0 Å². The van der Waals surface area contributed by atoms with Gasteiger partial charge >= 0.3 is 0 Å². The number of rotatable bonds is 6. The number of carbonyl (C=O) groups is 1. The highest BCUT2D eigenvalue weighted by molar-refractivity contribution is 5.81. The summed E-state index contributed by atoms with van der Waals surface area (Å²) < 4.78 is 0. The lowest BCUT2D eigenvalue weighted by molar-refractivity contribution is -0.125. The minimum Gasteiger partial charge on any atom is -0.299 e. The second-order valence-electron chi connectivity index (χ2n) is 5.94. The van der Waals surface area contributed by atoms with Crippen molar-refractivity contribution in [1.82, 2.24) is 0 Å². The van der Waals surface area contributed by atoms with E-state index in [0.29, 0.717) is 11.7 Å². The monoisotopic (exact) mass is 258 g/mol. The maximum Gasteiger partial charge on any atom is 0.135 e. The van der Waals surface area contributed by atoms with E-state index in [1.807, 2.05) is 0 Å². The van der Waals surface area contributed by atoms with Crippen LogP contribution in [-0.4, -0.2) is 5.78 Å². The molecule has 0 N–H and O–H groups in total. The van der Waals surface area contributed by atoms with Gasteiger partial charge in [-0.2, -0.15) is 0 Å². The topological polar surface area (TPSA) is 17.1 Å². The zero-order chi connectivity index (χ0) is 13.5. The van der Waals surface area contributed by atoms with Gasteiger partial charge < -0.3 is 0 Å². The van der Waals surface area contributed by atoms with E-state index < -0.39 is 0 Å². The summed E-state index contributed by atoms with van der Waals surface area (Å²) in [5.41, 5.74) is 1.42. The van der Waals surface area contributed by atoms with Crippen LogP contribution in [0.2, 0.25) is 0 Å². The predicted octanol–water partition coefficient (Wildman–Crippen LogP) is 4.79. The fourth-order valence-corrected chi connectivity index (χ4v) is 3.22. The average Bonchev–Trinajstić information content (AvgIpc) is 2.46. The number of Topliss-reactive ketones (excluding diaryl/α,β-unsaturated/α-hetero) is 1. The minimum atomic E-state index is 0.370. The summed E-state index contributed by atoms with van der Waals surface area (Å²) in [6.45, 7) is 2.26. The molecule has 1 aromatic carbocycles. The van der Waals surface area contributed by atoms with Gasteiger partial charge in [0.25, 0.3) is 0 Å². The standard InChI is InChI=1S/C18H26O/c1-2-15-12-13-18(19)17(14-15)11-7-6-10-16-8-4-3-5-9-16/h3-5,8-9,15,17H,2,6-7,10-14H2,1H3. The summed E-state index contributed by atoms with van der Waals surface area (Å²) in [5, 5.41) is 0. The first-order valence-corrected chi connectivity index (χ1v) is 7.86. The van der Waals surface area contributed by atoms with E-state index in [4.69, 9.17) is 0 Å². The highest BCUT2D eigenvalue weighted by Crippen LogP contribution is 2.31. The molecule has 104 valence electrons. The SMILES string of the molecule is CCC1CCC(=O)C(CCCCc2ccccc2)C1. The van der Waals surface area contributed by atoms with Gasteiger partial charge in [0.2, 0.25) is 0 Å². The van der Waals surface area contributed by atoms with Crippen LogP contribution < -0.4 is 0 Å². The van der Waals surface area contributed by atoms with Crippen molar-refractivity contribution in [2.45, 2.75) is 58.3 Å². The van der Waals surface area contributed by atoms with Crippen molar-refractivity contribution in [2.24, 2.45) is 11.8 Å². The molecule has 1 fully saturated rings. The highest BCUT2D eigenvalue weighted by atomic mass is 16.1. The summed E-state index contributed by atoms with van der Waals surface area (Å²) in [6, 6.07) is 10.7. The second kappa shape index (κ2) is 7.47. The minimum absolute atomic E-state index is 0.370. The Bertz CT molecular complexity index is 382. The molecule has 0 aromatic heterocycles. The van der Waals surface area contributed by atoms with Gasteiger partial charge in [-0.05, 0) is 43.6 Å². The normalized spacial score (nSPS) is 23.5. The quantitative estimate of drug-likeness (QED) is 0.670. The van der Waals surface area contributed by atoms with Gasteiger partial charge in [-0.1, -0.05) is 50.1 Å². The maximum atomic E-state index is 11.9. The number of benzene rings is 1. The molecule has 2 rings (SSSR count). The maximum absolute atomic E-state index is 11.9. The first kappa shape index (κ1) is 14.3. The van der Waals surface area contributed by atoms with Crippen LogP contribution >= 0.6 is 0 Å². The number of hydrogen-bond donors (Lipinski definition) is 0. The molecule has 0 heterocycles. The molecule has 0 bridgehead atoms. The molecule has 0 aliphatic heterocycles. The zero-order valence-corrected chi connectivity index (χ0v) is 12.1. The van der Waals surface area contributed by atoms with Gasteiger partial charge in [0.1, 0.15) is 5.78 Å². The Labute approximate surface area is 117 Å². The Kier molecular flexibility index (Phi) is 5.62. The number of unbranched alkanes of at least 4 members (excludes halogenated alkanes) is 1. The van der Waals surface area contributed by atoms with E-state index in [1.54, 1.807) is 0 Å². The average molecular weight is 258 g/mol. The van der Waals surface area contributed by atoms with Gasteiger partial charge in [0, 0.05) is 12.3 Å². The van der Waals surface area contributed by atoms with Crippen molar-refractivity contribution in [3.63, 3.8) is 0 Å². The summed E-state index contributed by atoms with van der Waals surface area (Å²) in [5.74, 6) is 1.70. The van der Waals surface area contributed by atoms with Crippen LogP contribution in [0.15, 0.2) is 30.3 Å². The predicted molar refractivity (Wildman–Crippen MR) is 80.1 cm³/mol. The van der Waals surface area contributed by atoms with Crippen LogP contribution in [0.3, 0.4) is 0 Å². The summed E-state index contributed by atoms with van der Waals surface area (Å²) in [4.78, 5) is 11.9. The Morgan fingerprint density at radius 2 is 1.95 bits per heavy atom. The fraction of sp³-hybridized carbons (Fsp3) is 0.611. The molecule has 1 heteroatoms. The molecule has 0 spiro atoms. The van der Waals surface area contributed by atoms with E-state index in [0.717, 1.165) is 38.0 Å². The second-order valence-corrected chi connectivity index (χ2v) is 5.94. The van der Waals surface area contributed by atoms with Crippen molar-refractivity contribution in [3.05, 3.63) is 35.9 Å². The Balaban J connectivity index is 1.68. The Morgan fingerprint density at radius 3 is 2.68 bits per heavy atom. The summed E-state index contributed by atoms with van der Waals surface area (Å²) in [6.07, 6.45) is 9.04.